The molecule has 0 aliphatic carbocycles. The number of aromatic nitrogens is 3. The van der Waals surface area contributed by atoms with Gasteiger partial charge >= 0.3 is 6.18 Å². The molecule has 28 heavy (non-hydrogen) atoms. The van der Waals surface area contributed by atoms with E-state index in [2.05, 4.69) is 37.3 Å². The highest BCUT2D eigenvalue weighted by Gasteiger charge is 2.32. The number of halogens is 3. The van der Waals surface area contributed by atoms with Crippen molar-refractivity contribution in [2.45, 2.75) is 33.0 Å². The summed E-state index contributed by atoms with van der Waals surface area (Å²) >= 11 is 0. The minimum atomic E-state index is -4.55. The Morgan fingerprint density at radius 1 is 1.11 bits per heavy atom. The van der Waals surface area contributed by atoms with E-state index in [-0.39, 0.29) is 17.7 Å². The first-order valence-electron chi connectivity index (χ1n) is 8.45. The highest BCUT2D eigenvalue weighted by molar-refractivity contribution is 5.58. The smallest absolute Gasteiger partial charge is 0.352 e. The van der Waals surface area contributed by atoms with E-state index >= 15 is 0 Å². The van der Waals surface area contributed by atoms with E-state index in [9.17, 15) is 13.2 Å². The molecule has 2 aromatic rings. The predicted octanol–water partition coefficient (Wildman–Crippen LogP) is 4.82. The first-order valence-corrected chi connectivity index (χ1v) is 8.45. The van der Waals surface area contributed by atoms with Crippen molar-refractivity contribution in [1.82, 2.24) is 15.0 Å². The second-order valence-electron chi connectivity index (χ2n) is 6.19. The maximum absolute atomic E-state index is 13.0. The highest BCUT2D eigenvalue weighted by Crippen LogP contribution is 2.27. The third-order valence-corrected chi connectivity index (χ3v) is 3.32. The second kappa shape index (κ2) is 9.12. The van der Waals surface area contributed by atoms with Crippen molar-refractivity contribution in [3.8, 4) is 11.4 Å². The van der Waals surface area contributed by atoms with Gasteiger partial charge in [-0.1, -0.05) is 30.3 Å². The van der Waals surface area contributed by atoms with Gasteiger partial charge in [-0.05, 0) is 33.6 Å². The van der Waals surface area contributed by atoms with Crippen LogP contribution >= 0.6 is 0 Å². The fraction of sp³-hybridized carbons (Fsp3) is 0.263. The molecule has 0 aliphatic heterocycles. The van der Waals surface area contributed by atoms with E-state index in [1.165, 1.54) is 6.92 Å². The highest BCUT2D eigenvalue weighted by atomic mass is 19.4. The van der Waals surface area contributed by atoms with Crippen LogP contribution in [0.2, 0.25) is 0 Å². The van der Waals surface area contributed by atoms with Gasteiger partial charge in [0.25, 0.3) is 0 Å². The Kier molecular flexibility index (Phi) is 6.86. The molecule has 0 bridgehead atoms. The van der Waals surface area contributed by atoms with Gasteiger partial charge in [-0.3, -0.25) is 4.99 Å². The van der Waals surface area contributed by atoms with Gasteiger partial charge in [0.05, 0.1) is 5.57 Å². The van der Waals surface area contributed by atoms with E-state index in [0.717, 1.165) is 11.6 Å². The lowest BCUT2D eigenvalue weighted by atomic mass is 10.2. The van der Waals surface area contributed by atoms with Gasteiger partial charge in [-0.25, -0.2) is 0 Å². The first kappa shape index (κ1) is 21.1. The lowest BCUT2D eigenvalue weighted by molar-refractivity contribution is -0.0884. The van der Waals surface area contributed by atoms with Crippen LogP contribution in [0.25, 0.3) is 11.4 Å². The van der Waals surface area contributed by atoms with E-state index in [4.69, 9.17) is 0 Å². The molecule has 1 heterocycles. The zero-order valence-corrected chi connectivity index (χ0v) is 15.7. The van der Waals surface area contributed by atoms with Gasteiger partial charge < -0.3 is 10.6 Å². The van der Waals surface area contributed by atoms with Crippen molar-refractivity contribution < 1.29 is 13.2 Å². The van der Waals surface area contributed by atoms with Crippen LogP contribution in [0.1, 0.15) is 20.8 Å². The number of aliphatic imine (C=N–C) groups is 1. The Hall–Kier alpha value is -3.23. The molecule has 0 saturated heterocycles. The van der Waals surface area contributed by atoms with E-state index in [1.54, 1.807) is 0 Å². The number of benzene rings is 1. The minimum Gasteiger partial charge on any atom is -0.352 e. The Morgan fingerprint density at radius 3 is 2.32 bits per heavy atom. The van der Waals surface area contributed by atoms with Crippen LogP contribution in [0.5, 0.6) is 0 Å². The molecular formula is C19H21F3N6. The average molecular weight is 390 g/mol. The number of nitrogens with zero attached hydrogens (tertiary/aromatic N) is 4. The van der Waals surface area contributed by atoms with Crippen molar-refractivity contribution in [2.24, 2.45) is 4.99 Å². The van der Waals surface area contributed by atoms with Crippen molar-refractivity contribution in [3.63, 3.8) is 0 Å². The van der Waals surface area contributed by atoms with Gasteiger partial charge in [-0.2, -0.15) is 28.1 Å². The fourth-order valence-corrected chi connectivity index (χ4v) is 2.21. The number of hydrogen-bond donors (Lipinski definition) is 2. The molecule has 0 fully saturated rings. The van der Waals surface area contributed by atoms with E-state index in [1.807, 2.05) is 44.2 Å². The van der Waals surface area contributed by atoms with Crippen LogP contribution in [0.15, 0.2) is 58.9 Å². The molecule has 6 nitrogen and oxygen atoms in total. The first-order chi connectivity index (χ1) is 13.2. The molecule has 148 valence electrons. The van der Waals surface area contributed by atoms with Gasteiger partial charge in [0.2, 0.25) is 11.9 Å². The van der Waals surface area contributed by atoms with Gasteiger partial charge in [0.1, 0.15) is 0 Å². The summed E-state index contributed by atoms with van der Waals surface area (Å²) in [4.78, 5) is 16.1. The molecule has 0 radical (unpaired) electrons. The average Bonchev–Trinajstić information content (AvgIpc) is 2.60. The minimum absolute atomic E-state index is 0.0638. The molecule has 2 rings (SSSR count). The van der Waals surface area contributed by atoms with E-state index < -0.39 is 11.7 Å². The van der Waals surface area contributed by atoms with Gasteiger partial charge in [-0.15, -0.1) is 0 Å². The summed E-state index contributed by atoms with van der Waals surface area (Å²) in [5.74, 6) is 0.839. The van der Waals surface area contributed by atoms with Crippen molar-refractivity contribution in [2.75, 3.05) is 10.6 Å². The van der Waals surface area contributed by atoms with Crippen LogP contribution in [0, 0.1) is 0 Å². The third kappa shape index (κ3) is 6.19. The molecule has 1 aromatic carbocycles. The molecule has 0 unspecified atom stereocenters. The number of allylic oxidation sites excluding steroid dienone is 3. The molecular weight excluding hydrogens is 369 g/mol. The quantitative estimate of drug-likeness (QED) is 0.524. The predicted molar refractivity (Wildman–Crippen MR) is 105 cm³/mol. The topological polar surface area (TPSA) is 75.1 Å². The number of hydrogen-bond acceptors (Lipinski definition) is 6. The molecule has 0 amide bonds. The second-order valence-corrected chi connectivity index (χ2v) is 6.19. The summed E-state index contributed by atoms with van der Waals surface area (Å²) in [6.07, 6.45) is -2.99. The zero-order valence-electron chi connectivity index (χ0n) is 15.7. The summed E-state index contributed by atoms with van der Waals surface area (Å²) in [6, 6.07) is 9.28. The Morgan fingerprint density at radius 2 is 1.75 bits per heavy atom. The van der Waals surface area contributed by atoms with Crippen LogP contribution in [-0.2, 0) is 0 Å². The van der Waals surface area contributed by atoms with Crippen LogP contribution < -0.4 is 10.6 Å². The third-order valence-electron chi connectivity index (χ3n) is 3.32. The molecule has 0 aliphatic rings. The largest absolute Gasteiger partial charge is 0.417 e. The van der Waals surface area contributed by atoms with Gasteiger partial charge in [0, 0.05) is 23.5 Å². The molecule has 2 N–H and O–H groups in total. The van der Waals surface area contributed by atoms with Crippen molar-refractivity contribution >= 4 is 18.6 Å². The standard InChI is InChI=1S/C19H21F3N6/c1-12(2)24-17-26-16(14-8-6-5-7-9-14)27-18(28-17)25-13(3)10-15(11-23-4)19(20,21)22/h5-12H,4H2,1-3H3,(H2,24,25,26,27,28)/b13-10+,15-11+. The summed E-state index contributed by atoms with van der Waals surface area (Å²) in [7, 11) is 0. The van der Waals surface area contributed by atoms with Gasteiger partial charge in [0.15, 0.2) is 5.82 Å². The Bertz CT molecular complexity index is 873. The lowest BCUT2D eigenvalue weighted by Crippen LogP contribution is -2.15. The van der Waals surface area contributed by atoms with Crippen molar-refractivity contribution in [1.29, 1.82) is 0 Å². The number of alkyl halides is 3. The molecule has 0 saturated carbocycles. The Labute approximate surface area is 161 Å². The lowest BCUT2D eigenvalue weighted by Gasteiger charge is -2.13. The maximum Gasteiger partial charge on any atom is 0.417 e. The number of nitrogens with one attached hydrogen (secondary N) is 2. The molecule has 1 aromatic heterocycles. The van der Waals surface area contributed by atoms with Crippen molar-refractivity contribution in [3.05, 3.63) is 53.9 Å². The summed E-state index contributed by atoms with van der Waals surface area (Å²) in [5, 5.41) is 5.86. The SMILES string of the molecule is C=N/C=C(\C=C(/C)Nc1nc(NC(C)C)nc(-c2ccccc2)n1)C(F)(F)F. The van der Waals surface area contributed by atoms with Crippen LogP contribution in [0.4, 0.5) is 25.1 Å². The number of rotatable bonds is 7. The van der Waals surface area contributed by atoms with Crippen LogP contribution in [-0.4, -0.2) is 33.9 Å². The number of anilines is 2. The normalized spacial score (nSPS) is 12.8. The Balaban J connectivity index is 2.39. The van der Waals surface area contributed by atoms with E-state index in [0.29, 0.717) is 18.0 Å². The molecule has 0 spiro atoms. The molecule has 0 atom stereocenters. The summed E-state index contributed by atoms with van der Waals surface area (Å²) in [5.41, 5.74) is 0.00595. The molecule has 9 heteroatoms. The fourth-order valence-electron chi connectivity index (χ4n) is 2.21. The summed E-state index contributed by atoms with van der Waals surface area (Å²) in [6.45, 7) is 8.40. The maximum atomic E-state index is 13.0. The zero-order chi connectivity index (χ0) is 20.7. The summed E-state index contributed by atoms with van der Waals surface area (Å²) < 4.78 is 39.1. The monoisotopic (exact) mass is 390 g/mol. The van der Waals surface area contributed by atoms with Crippen LogP contribution in [0.3, 0.4) is 0 Å².